The molecular formula is C19H25N3O2. The summed E-state index contributed by atoms with van der Waals surface area (Å²) in [5.41, 5.74) is 8.70. The van der Waals surface area contributed by atoms with E-state index in [2.05, 4.69) is 24.2 Å². The molecule has 0 aliphatic carbocycles. The van der Waals surface area contributed by atoms with Crippen molar-refractivity contribution < 1.29 is 9.53 Å². The van der Waals surface area contributed by atoms with Crippen LogP contribution in [0.2, 0.25) is 0 Å². The van der Waals surface area contributed by atoms with Crippen LogP contribution in [0.1, 0.15) is 30.1 Å². The first kappa shape index (κ1) is 17.7. The Kier molecular flexibility index (Phi) is 6.07. The van der Waals surface area contributed by atoms with E-state index in [1.165, 1.54) is 0 Å². The third-order valence-corrected chi connectivity index (χ3v) is 3.90. The zero-order valence-electron chi connectivity index (χ0n) is 14.5. The van der Waals surface area contributed by atoms with E-state index < -0.39 is 0 Å². The maximum Gasteiger partial charge on any atom is 0.255 e. The first-order valence-corrected chi connectivity index (χ1v) is 8.11. The second kappa shape index (κ2) is 8.24. The van der Waals surface area contributed by atoms with Crippen LogP contribution in [0.3, 0.4) is 0 Å². The minimum Gasteiger partial charge on any atom is -0.495 e. The number of unbranched alkanes of at least 4 members (excludes halogenated alkanes) is 1. The number of anilines is 3. The Morgan fingerprint density at radius 2 is 1.92 bits per heavy atom. The lowest BCUT2D eigenvalue weighted by Gasteiger charge is -2.19. The highest BCUT2D eigenvalue weighted by Gasteiger charge is 2.09. The van der Waals surface area contributed by atoms with Crippen molar-refractivity contribution in [1.82, 2.24) is 0 Å². The van der Waals surface area contributed by atoms with Gasteiger partial charge < -0.3 is 20.7 Å². The van der Waals surface area contributed by atoms with Crippen molar-refractivity contribution in [1.29, 1.82) is 0 Å². The molecule has 1 amide bonds. The standard InChI is InChI=1S/C19H25N3O2/c1-4-5-12-22(2)16-9-6-14(7-10-16)19(23)21-15-8-11-18(24-3)17(20)13-15/h6-11,13H,4-5,12,20H2,1-3H3,(H,21,23). The van der Waals surface area contributed by atoms with Crippen molar-refractivity contribution >= 4 is 23.0 Å². The highest BCUT2D eigenvalue weighted by atomic mass is 16.5. The summed E-state index contributed by atoms with van der Waals surface area (Å²) < 4.78 is 5.11. The molecule has 0 fully saturated rings. The van der Waals surface area contributed by atoms with Gasteiger partial charge in [0.2, 0.25) is 0 Å². The van der Waals surface area contributed by atoms with Crippen molar-refractivity contribution in [3.63, 3.8) is 0 Å². The lowest BCUT2D eigenvalue weighted by molar-refractivity contribution is 0.102. The van der Waals surface area contributed by atoms with Crippen LogP contribution in [0.25, 0.3) is 0 Å². The van der Waals surface area contributed by atoms with Gasteiger partial charge in [-0.2, -0.15) is 0 Å². The van der Waals surface area contributed by atoms with Gasteiger partial charge in [0, 0.05) is 30.5 Å². The molecule has 0 radical (unpaired) electrons. The normalized spacial score (nSPS) is 10.3. The molecule has 5 nitrogen and oxygen atoms in total. The van der Waals surface area contributed by atoms with Gasteiger partial charge in [0.1, 0.15) is 5.75 Å². The van der Waals surface area contributed by atoms with Crippen LogP contribution < -0.4 is 20.7 Å². The second-order valence-electron chi connectivity index (χ2n) is 5.73. The van der Waals surface area contributed by atoms with Gasteiger partial charge >= 0.3 is 0 Å². The van der Waals surface area contributed by atoms with Crippen molar-refractivity contribution in [3.05, 3.63) is 48.0 Å². The predicted octanol–water partition coefficient (Wildman–Crippen LogP) is 3.77. The maximum atomic E-state index is 12.3. The average molecular weight is 327 g/mol. The molecule has 5 heteroatoms. The fraction of sp³-hybridized carbons (Fsp3) is 0.316. The maximum absolute atomic E-state index is 12.3. The molecule has 0 spiro atoms. The highest BCUT2D eigenvalue weighted by molar-refractivity contribution is 6.04. The number of amides is 1. The summed E-state index contributed by atoms with van der Waals surface area (Å²) in [7, 11) is 3.62. The Labute approximate surface area is 143 Å². The number of carbonyl (C=O) groups excluding carboxylic acids is 1. The van der Waals surface area contributed by atoms with Crippen LogP contribution in [0.5, 0.6) is 5.75 Å². The highest BCUT2D eigenvalue weighted by Crippen LogP contribution is 2.25. The molecule has 0 saturated heterocycles. The Bertz CT molecular complexity index is 684. The Balaban J connectivity index is 2.03. The fourth-order valence-electron chi connectivity index (χ4n) is 2.41. The number of nitrogens with two attached hydrogens (primary N) is 1. The average Bonchev–Trinajstić information content (AvgIpc) is 2.60. The molecule has 2 aromatic rings. The molecule has 0 unspecified atom stereocenters. The van der Waals surface area contributed by atoms with Gasteiger partial charge in [-0.15, -0.1) is 0 Å². The fourth-order valence-corrected chi connectivity index (χ4v) is 2.41. The van der Waals surface area contributed by atoms with Crippen LogP contribution in [-0.4, -0.2) is 26.6 Å². The summed E-state index contributed by atoms with van der Waals surface area (Å²) >= 11 is 0. The lowest BCUT2D eigenvalue weighted by Crippen LogP contribution is -2.18. The molecule has 0 atom stereocenters. The SMILES string of the molecule is CCCCN(C)c1ccc(C(=O)Nc2ccc(OC)c(N)c2)cc1. The smallest absolute Gasteiger partial charge is 0.255 e. The zero-order valence-corrected chi connectivity index (χ0v) is 14.5. The van der Waals surface area contributed by atoms with Gasteiger partial charge in [0.05, 0.1) is 12.8 Å². The van der Waals surface area contributed by atoms with E-state index in [0.29, 0.717) is 22.7 Å². The molecule has 2 rings (SSSR count). The van der Waals surface area contributed by atoms with Gasteiger partial charge in [-0.05, 0) is 48.9 Å². The molecule has 0 aromatic heterocycles. The van der Waals surface area contributed by atoms with Gasteiger partial charge in [-0.1, -0.05) is 13.3 Å². The number of hydrogen-bond donors (Lipinski definition) is 2. The monoisotopic (exact) mass is 327 g/mol. The number of nitrogens with zero attached hydrogens (tertiary/aromatic N) is 1. The Hall–Kier alpha value is -2.69. The van der Waals surface area contributed by atoms with E-state index in [4.69, 9.17) is 10.5 Å². The molecule has 0 aliphatic heterocycles. The number of benzene rings is 2. The third-order valence-electron chi connectivity index (χ3n) is 3.90. The van der Waals surface area contributed by atoms with Crippen molar-refractivity contribution in [2.45, 2.75) is 19.8 Å². The van der Waals surface area contributed by atoms with Crippen LogP contribution >= 0.6 is 0 Å². The molecule has 0 bridgehead atoms. The quantitative estimate of drug-likeness (QED) is 0.760. The topological polar surface area (TPSA) is 67.6 Å². The van der Waals surface area contributed by atoms with Gasteiger partial charge in [0.25, 0.3) is 5.91 Å². The Morgan fingerprint density at radius 1 is 1.21 bits per heavy atom. The van der Waals surface area contributed by atoms with Crippen molar-refractivity contribution in [3.8, 4) is 5.75 Å². The third kappa shape index (κ3) is 4.41. The van der Waals surface area contributed by atoms with Crippen molar-refractivity contribution in [2.75, 3.05) is 36.7 Å². The summed E-state index contributed by atoms with van der Waals surface area (Å²) in [4.78, 5) is 14.5. The van der Waals surface area contributed by atoms with E-state index in [0.717, 1.165) is 25.1 Å². The van der Waals surface area contributed by atoms with E-state index in [9.17, 15) is 4.79 Å². The van der Waals surface area contributed by atoms with Gasteiger partial charge in [-0.25, -0.2) is 0 Å². The molecule has 0 saturated carbocycles. The molecule has 0 aliphatic rings. The molecule has 128 valence electrons. The molecule has 3 N–H and O–H groups in total. The van der Waals surface area contributed by atoms with Crippen LogP contribution in [0.4, 0.5) is 17.1 Å². The number of carbonyl (C=O) groups is 1. The molecule has 24 heavy (non-hydrogen) atoms. The number of rotatable bonds is 7. The summed E-state index contributed by atoms with van der Waals surface area (Å²) in [6.07, 6.45) is 2.31. The van der Waals surface area contributed by atoms with Crippen LogP contribution in [0.15, 0.2) is 42.5 Å². The predicted molar refractivity (Wildman–Crippen MR) is 100.0 cm³/mol. The first-order valence-electron chi connectivity index (χ1n) is 8.11. The summed E-state index contributed by atoms with van der Waals surface area (Å²) in [5.74, 6) is 0.426. The number of nitrogen functional groups attached to an aromatic ring is 1. The van der Waals surface area contributed by atoms with Crippen molar-refractivity contribution in [2.24, 2.45) is 0 Å². The summed E-state index contributed by atoms with van der Waals surface area (Å²) in [5, 5.41) is 2.85. The lowest BCUT2D eigenvalue weighted by atomic mass is 10.1. The largest absolute Gasteiger partial charge is 0.495 e. The van der Waals surface area contributed by atoms with E-state index in [1.807, 2.05) is 24.3 Å². The first-order chi connectivity index (χ1) is 11.5. The molecule has 2 aromatic carbocycles. The summed E-state index contributed by atoms with van der Waals surface area (Å²) in [6, 6.07) is 12.8. The minimum atomic E-state index is -0.165. The van der Waals surface area contributed by atoms with Gasteiger partial charge in [0.15, 0.2) is 0 Å². The summed E-state index contributed by atoms with van der Waals surface area (Å²) in [6.45, 7) is 3.18. The zero-order chi connectivity index (χ0) is 17.5. The van der Waals surface area contributed by atoms with Crippen LogP contribution in [-0.2, 0) is 0 Å². The van der Waals surface area contributed by atoms with E-state index in [1.54, 1.807) is 25.3 Å². The number of ether oxygens (including phenoxy) is 1. The number of nitrogens with one attached hydrogen (secondary N) is 1. The van der Waals surface area contributed by atoms with E-state index in [-0.39, 0.29) is 5.91 Å². The van der Waals surface area contributed by atoms with E-state index >= 15 is 0 Å². The molecular weight excluding hydrogens is 302 g/mol. The van der Waals surface area contributed by atoms with Crippen LogP contribution in [0, 0.1) is 0 Å². The minimum absolute atomic E-state index is 0.165. The second-order valence-corrected chi connectivity index (χ2v) is 5.73. The number of methoxy groups -OCH3 is 1. The Morgan fingerprint density at radius 3 is 2.50 bits per heavy atom. The van der Waals surface area contributed by atoms with Gasteiger partial charge in [-0.3, -0.25) is 4.79 Å². The molecule has 0 heterocycles. The number of hydrogen-bond acceptors (Lipinski definition) is 4.